The van der Waals surface area contributed by atoms with Crippen LogP contribution < -0.4 is 5.32 Å². The van der Waals surface area contributed by atoms with Gasteiger partial charge in [-0.2, -0.15) is 0 Å². The minimum absolute atomic E-state index is 0.00343. The van der Waals surface area contributed by atoms with Gasteiger partial charge in [0, 0.05) is 31.5 Å². The Morgan fingerprint density at radius 2 is 1.68 bits per heavy atom. The van der Waals surface area contributed by atoms with Crippen LogP contribution in [-0.4, -0.2) is 54.2 Å². The fraction of sp³-hybridized carbons (Fsp3) is 0.444. The van der Waals surface area contributed by atoms with Crippen LogP contribution in [0.1, 0.15) is 49.7 Å². The van der Waals surface area contributed by atoms with Crippen molar-refractivity contribution in [1.29, 1.82) is 0 Å². The maximum absolute atomic E-state index is 12.8. The maximum atomic E-state index is 12.8. The number of aliphatic carboxylic acids is 1. The van der Waals surface area contributed by atoms with Crippen molar-refractivity contribution in [3.05, 3.63) is 59.7 Å². The highest BCUT2D eigenvalue weighted by Crippen LogP contribution is 2.44. The first-order valence-corrected chi connectivity index (χ1v) is 11.9. The Morgan fingerprint density at radius 1 is 1.06 bits per heavy atom. The number of benzene rings is 2. The quantitative estimate of drug-likeness (QED) is 0.638. The van der Waals surface area contributed by atoms with Gasteiger partial charge < -0.3 is 20.1 Å². The van der Waals surface area contributed by atoms with E-state index in [9.17, 15) is 14.4 Å². The maximum Gasteiger partial charge on any atom is 0.407 e. The van der Waals surface area contributed by atoms with Crippen molar-refractivity contribution in [2.75, 3.05) is 20.2 Å². The second kappa shape index (κ2) is 10.3. The Bertz CT molecular complexity index is 1020. The van der Waals surface area contributed by atoms with Crippen LogP contribution in [0.5, 0.6) is 0 Å². The first-order chi connectivity index (χ1) is 16.3. The summed E-state index contributed by atoms with van der Waals surface area (Å²) in [5, 5.41) is 12.0. The Balaban J connectivity index is 1.31. The molecule has 1 saturated carbocycles. The van der Waals surface area contributed by atoms with Crippen LogP contribution in [0.15, 0.2) is 48.5 Å². The summed E-state index contributed by atoms with van der Waals surface area (Å²) in [5.74, 6) is -1.82. The molecule has 0 aromatic heterocycles. The summed E-state index contributed by atoms with van der Waals surface area (Å²) in [6, 6.07) is 16.3. The van der Waals surface area contributed by atoms with Crippen LogP contribution in [0.25, 0.3) is 11.1 Å². The number of carboxylic acid groups (broad SMARTS) is 1. The van der Waals surface area contributed by atoms with E-state index >= 15 is 0 Å². The van der Waals surface area contributed by atoms with Crippen molar-refractivity contribution in [2.24, 2.45) is 11.8 Å². The second-order valence-electron chi connectivity index (χ2n) is 9.49. The van der Waals surface area contributed by atoms with E-state index in [0.29, 0.717) is 6.42 Å². The molecular weight excluding hydrogens is 432 g/mol. The van der Waals surface area contributed by atoms with Crippen LogP contribution >= 0.6 is 0 Å². The molecular formula is C27H32N2O5. The molecule has 34 heavy (non-hydrogen) atoms. The third kappa shape index (κ3) is 5.08. The average molecular weight is 465 g/mol. The van der Waals surface area contributed by atoms with Gasteiger partial charge in [0.2, 0.25) is 5.91 Å². The van der Waals surface area contributed by atoms with Gasteiger partial charge in [-0.25, -0.2) is 4.79 Å². The molecule has 1 unspecified atom stereocenters. The van der Waals surface area contributed by atoms with Crippen molar-refractivity contribution >= 4 is 18.0 Å². The molecule has 180 valence electrons. The van der Waals surface area contributed by atoms with Crippen molar-refractivity contribution in [2.45, 2.75) is 44.6 Å². The summed E-state index contributed by atoms with van der Waals surface area (Å²) in [6.45, 7) is 2.02. The molecule has 4 rings (SSSR count). The second-order valence-corrected chi connectivity index (χ2v) is 9.49. The summed E-state index contributed by atoms with van der Waals surface area (Å²) in [5.41, 5.74) is 4.70. The lowest BCUT2D eigenvalue weighted by Crippen LogP contribution is -2.44. The molecule has 7 nitrogen and oxygen atoms in total. The molecule has 0 heterocycles. The van der Waals surface area contributed by atoms with Crippen molar-refractivity contribution in [1.82, 2.24) is 10.2 Å². The Labute approximate surface area is 200 Å². The van der Waals surface area contributed by atoms with Gasteiger partial charge in [0.1, 0.15) is 6.61 Å². The normalized spacial score (nSPS) is 20.1. The molecule has 0 saturated heterocycles. The fourth-order valence-electron chi connectivity index (χ4n) is 5.24. The zero-order chi connectivity index (χ0) is 24.2. The number of alkyl carbamates (subject to hydrolysis) is 1. The largest absolute Gasteiger partial charge is 0.481 e. The van der Waals surface area contributed by atoms with Crippen molar-refractivity contribution in [3.8, 4) is 11.1 Å². The fourth-order valence-corrected chi connectivity index (χ4v) is 5.24. The van der Waals surface area contributed by atoms with E-state index in [-0.39, 0.29) is 36.9 Å². The van der Waals surface area contributed by atoms with Crippen LogP contribution in [0, 0.1) is 11.8 Å². The van der Waals surface area contributed by atoms with E-state index in [0.717, 1.165) is 19.3 Å². The highest BCUT2D eigenvalue weighted by molar-refractivity contribution is 5.80. The van der Waals surface area contributed by atoms with Gasteiger partial charge in [-0.1, -0.05) is 61.9 Å². The van der Waals surface area contributed by atoms with Crippen LogP contribution in [0.3, 0.4) is 0 Å². The molecule has 2 aromatic carbocycles. The lowest BCUT2D eigenvalue weighted by Gasteiger charge is -2.32. The van der Waals surface area contributed by atoms with Gasteiger partial charge in [-0.3, -0.25) is 9.59 Å². The van der Waals surface area contributed by atoms with Gasteiger partial charge in [-0.05, 0) is 41.5 Å². The Morgan fingerprint density at radius 3 is 2.29 bits per heavy atom. The molecule has 3 atom stereocenters. The van der Waals surface area contributed by atoms with Gasteiger partial charge >= 0.3 is 12.1 Å². The molecule has 2 aliphatic carbocycles. The number of fused-ring (bicyclic) bond motifs is 3. The smallest absolute Gasteiger partial charge is 0.407 e. The number of amides is 2. The molecule has 2 aromatic rings. The Hall–Kier alpha value is -3.35. The number of ether oxygens (including phenoxy) is 1. The summed E-state index contributed by atoms with van der Waals surface area (Å²) in [6.07, 6.45) is 2.44. The third-order valence-electron chi connectivity index (χ3n) is 7.03. The number of hydrogen-bond acceptors (Lipinski definition) is 4. The summed E-state index contributed by atoms with van der Waals surface area (Å²) >= 11 is 0. The van der Waals surface area contributed by atoms with Crippen molar-refractivity contribution < 1.29 is 24.2 Å². The molecule has 2 amide bonds. The predicted molar refractivity (Wildman–Crippen MR) is 128 cm³/mol. The third-order valence-corrected chi connectivity index (χ3v) is 7.03. The SMILES string of the molecule is CC(CN(C)C(=O)[C@@H]1CCC[C@H](NC(=O)OCC2c3ccccc3-c3ccccc32)C1)C(=O)O. The van der Waals surface area contributed by atoms with Gasteiger partial charge in [0.05, 0.1) is 5.92 Å². The molecule has 2 N–H and O–H groups in total. The van der Waals surface area contributed by atoms with Gasteiger partial charge in [0.25, 0.3) is 0 Å². The van der Waals surface area contributed by atoms with E-state index in [2.05, 4.69) is 29.6 Å². The first-order valence-electron chi connectivity index (χ1n) is 11.9. The van der Waals surface area contributed by atoms with E-state index in [1.54, 1.807) is 14.0 Å². The number of nitrogens with one attached hydrogen (secondary N) is 1. The minimum atomic E-state index is -0.918. The number of hydrogen-bond donors (Lipinski definition) is 2. The van der Waals surface area contributed by atoms with Gasteiger partial charge in [-0.15, -0.1) is 0 Å². The molecule has 7 heteroatoms. The van der Waals surface area contributed by atoms with Crippen LogP contribution in [-0.2, 0) is 14.3 Å². The van der Waals surface area contributed by atoms with E-state index < -0.39 is 18.0 Å². The number of nitrogens with zero attached hydrogens (tertiary/aromatic N) is 1. The molecule has 0 aliphatic heterocycles. The lowest BCUT2D eigenvalue weighted by atomic mass is 9.84. The summed E-state index contributed by atoms with van der Waals surface area (Å²) < 4.78 is 5.65. The molecule has 0 spiro atoms. The topological polar surface area (TPSA) is 95.9 Å². The first kappa shape index (κ1) is 23.8. The summed E-state index contributed by atoms with van der Waals surface area (Å²) in [4.78, 5) is 38.0. The molecule has 2 aliphatic rings. The standard InChI is InChI=1S/C27H32N2O5/c1-17(26(31)32)15-29(2)25(30)18-8-7-9-19(14-18)28-27(33)34-16-24-22-12-5-3-10-20(22)21-11-4-6-13-23(21)24/h3-6,10-13,17-19,24H,7-9,14-16H2,1-2H3,(H,28,33)(H,31,32)/t17?,18-,19+/m1/s1. The van der Waals surface area contributed by atoms with Crippen LogP contribution in [0.2, 0.25) is 0 Å². The zero-order valence-corrected chi connectivity index (χ0v) is 19.7. The predicted octanol–water partition coefficient (Wildman–Crippen LogP) is 4.26. The molecule has 1 fully saturated rings. The zero-order valence-electron chi connectivity index (χ0n) is 19.7. The van der Waals surface area contributed by atoms with E-state index in [1.807, 2.05) is 24.3 Å². The van der Waals surface area contributed by atoms with E-state index in [1.165, 1.54) is 27.2 Å². The minimum Gasteiger partial charge on any atom is -0.481 e. The summed E-state index contributed by atoms with van der Waals surface area (Å²) in [7, 11) is 1.64. The number of carboxylic acids is 1. The van der Waals surface area contributed by atoms with Gasteiger partial charge in [0.15, 0.2) is 0 Å². The Kier molecular flexibility index (Phi) is 7.20. The highest BCUT2D eigenvalue weighted by atomic mass is 16.5. The molecule has 0 bridgehead atoms. The molecule has 0 radical (unpaired) electrons. The lowest BCUT2D eigenvalue weighted by molar-refractivity contribution is -0.143. The highest BCUT2D eigenvalue weighted by Gasteiger charge is 2.32. The van der Waals surface area contributed by atoms with Crippen LogP contribution in [0.4, 0.5) is 4.79 Å². The number of carbonyl (C=O) groups is 3. The average Bonchev–Trinajstić information content (AvgIpc) is 3.16. The van der Waals surface area contributed by atoms with Crippen molar-refractivity contribution in [3.63, 3.8) is 0 Å². The monoisotopic (exact) mass is 464 g/mol. The number of rotatable bonds is 7. The number of carbonyl (C=O) groups excluding carboxylic acids is 2. The van der Waals surface area contributed by atoms with E-state index in [4.69, 9.17) is 9.84 Å².